The van der Waals surface area contributed by atoms with Crippen molar-refractivity contribution in [3.05, 3.63) is 0 Å². The molecular formula is C20H34N4O11. The number of esters is 1. The number of rotatable bonds is 12. The van der Waals surface area contributed by atoms with Gasteiger partial charge >= 0.3 is 5.97 Å². The zero-order chi connectivity index (χ0) is 26.9. The van der Waals surface area contributed by atoms with E-state index < -0.39 is 85.0 Å². The Kier molecular flexibility index (Phi) is 12.0. The van der Waals surface area contributed by atoms with E-state index in [1.807, 2.05) is 0 Å². The number of hydrogen-bond acceptors (Lipinski definition) is 11. The molecule has 0 radical (unpaired) electrons. The Morgan fingerprint density at radius 3 is 2.23 bits per heavy atom. The van der Waals surface area contributed by atoms with Crippen LogP contribution < -0.4 is 21.7 Å². The number of nitrogens with one attached hydrogen (secondary N) is 3. The second kappa shape index (κ2) is 13.9. The molecule has 1 saturated heterocycles. The van der Waals surface area contributed by atoms with Crippen LogP contribution in [0.15, 0.2) is 0 Å². The quantitative estimate of drug-likeness (QED) is 0.125. The molecule has 1 rings (SSSR count). The van der Waals surface area contributed by atoms with Crippen LogP contribution in [0.3, 0.4) is 0 Å². The molecule has 200 valence electrons. The molecule has 8 atom stereocenters. The van der Waals surface area contributed by atoms with Crippen molar-refractivity contribution in [2.75, 3.05) is 13.7 Å². The first kappa shape index (κ1) is 30.2. The Morgan fingerprint density at radius 1 is 1.09 bits per heavy atom. The average molecular weight is 507 g/mol. The summed E-state index contributed by atoms with van der Waals surface area (Å²) in [5.74, 6) is -3.61. The van der Waals surface area contributed by atoms with Crippen LogP contribution in [0.2, 0.25) is 0 Å². The molecule has 0 aromatic heterocycles. The molecule has 35 heavy (non-hydrogen) atoms. The summed E-state index contributed by atoms with van der Waals surface area (Å²) in [6.45, 7) is 3.12. The summed E-state index contributed by atoms with van der Waals surface area (Å²) >= 11 is 0. The summed E-state index contributed by atoms with van der Waals surface area (Å²) in [5.41, 5.74) is 5.25. The van der Waals surface area contributed by atoms with Crippen molar-refractivity contribution in [3.8, 4) is 0 Å². The molecule has 15 heteroatoms. The number of carbonyl (C=O) groups excluding carboxylic acids is 5. The van der Waals surface area contributed by atoms with Gasteiger partial charge in [0.15, 0.2) is 6.29 Å². The van der Waals surface area contributed by atoms with Gasteiger partial charge in [-0.05, 0) is 20.3 Å². The maximum atomic E-state index is 12.6. The monoisotopic (exact) mass is 506 g/mol. The molecule has 1 heterocycles. The maximum Gasteiger partial charge on any atom is 0.305 e. The minimum Gasteiger partial charge on any atom is -0.469 e. The lowest BCUT2D eigenvalue weighted by atomic mass is 9.96. The van der Waals surface area contributed by atoms with Gasteiger partial charge in [-0.3, -0.25) is 24.0 Å². The van der Waals surface area contributed by atoms with Crippen molar-refractivity contribution in [2.24, 2.45) is 5.73 Å². The zero-order valence-corrected chi connectivity index (χ0v) is 19.9. The largest absolute Gasteiger partial charge is 0.469 e. The van der Waals surface area contributed by atoms with Crippen molar-refractivity contribution >= 4 is 29.6 Å². The molecule has 0 bridgehead atoms. The molecule has 15 nitrogen and oxygen atoms in total. The lowest BCUT2D eigenvalue weighted by Crippen LogP contribution is -2.65. The fraction of sp³-hybridized carbons (Fsp3) is 0.750. The Morgan fingerprint density at radius 2 is 1.71 bits per heavy atom. The van der Waals surface area contributed by atoms with Crippen molar-refractivity contribution in [1.82, 2.24) is 16.0 Å². The number of amides is 4. The number of aliphatic hydroxyl groups excluding tert-OH is 3. The molecule has 4 amide bonds. The summed E-state index contributed by atoms with van der Waals surface area (Å²) in [4.78, 5) is 59.3. The van der Waals surface area contributed by atoms with Crippen LogP contribution in [-0.2, 0) is 38.2 Å². The number of carbonyl (C=O) groups is 5. The van der Waals surface area contributed by atoms with Crippen molar-refractivity contribution in [2.45, 2.75) is 82.4 Å². The Labute approximate surface area is 201 Å². The van der Waals surface area contributed by atoms with Crippen LogP contribution in [0.25, 0.3) is 0 Å². The first-order valence-electron chi connectivity index (χ1n) is 10.8. The van der Waals surface area contributed by atoms with Crippen LogP contribution in [0.1, 0.15) is 33.6 Å². The van der Waals surface area contributed by atoms with Crippen molar-refractivity contribution in [3.63, 3.8) is 0 Å². The third kappa shape index (κ3) is 9.03. The fourth-order valence-electron chi connectivity index (χ4n) is 3.28. The highest BCUT2D eigenvalue weighted by atomic mass is 16.6. The van der Waals surface area contributed by atoms with Gasteiger partial charge in [-0.25, -0.2) is 0 Å². The van der Waals surface area contributed by atoms with Crippen molar-refractivity contribution < 1.29 is 53.5 Å². The molecule has 1 aliphatic rings. The second-order valence-electron chi connectivity index (χ2n) is 8.02. The highest BCUT2D eigenvalue weighted by molar-refractivity contribution is 5.92. The molecule has 0 aromatic carbocycles. The summed E-state index contributed by atoms with van der Waals surface area (Å²) in [6.07, 6.45) is -7.30. The van der Waals surface area contributed by atoms with E-state index in [0.717, 1.165) is 6.92 Å². The summed E-state index contributed by atoms with van der Waals surface area (Å²) in [6, 6.07) is -3.59. The third-order valence-electron chi connectivity index (χ3n) is 5.25. The van der Waals surface area contributed by atoms with E-state index in [4.69, 9.17) is 15.2 Å². The fourth-order valence-corrected chi connectivity index (χ4v) is 3.28. The highest BCUT2D eigenvalue weighted by Crippen LogP contribution is 2.23. The number of primary amides is 1. The van der Waals surface area contributed by atoms with Crippen LogP contribution in [0, 0.1) is 0 Å². The van der Waals surface area contributed by atoms with Gasteiger partial charge in [0.2, 0.25) is 23.6 Å². The van der Waals surface area contributed by atoms with Gasteiger partial charge < -0.3 is 51.2 Å². The molecule has 1 unspecified atom stereocenters. The molecule has 8 N–H and O–H groups in total. The zero-order valence-electron chi connectivity index (χ0n) is 19.9. The predicted molar refractivity (Wildman–Crippen MR) is 116 cm³/mol. The summed E-state index contributed by atoms with van der Waals surface area (Å²) < 4.78 is 15.1. The van der Waals surface area contributed by atoms with Crippen LogP contribution >= 0.6 is 0 Å². The number of aliphatic hydroxyl groups is 3. The summed E-state index contributed by atoms with van der Waals surface area (Å²) in [7, 11) is 1.17. The van der Waals surface area contributed by atoms with E-state index >= 15 is 0 Å². The van der Waals surface area contributed by atoms with Gasteiger partial charge in [0.05, 0.1) is 13.7 Å². The normalized spacial score (nSPS) is 26.5. The van der Waals surface area contributed by atoms with Gasteiger partial charge in [0, 0.05) is 13.3 Å². The number of methoxy groups -OCH3 is 1. The first-order chi connectivity index (χ1) is 16.3. The topological polar surface area (TPSA) is 236 Å². The van der Waals surface area contributed by atoms with Gasteiger partial charge in [0.1, 0.15) is 42.5 Å². The molecule has 1 aliphatic heterocycles. The number of ether oxygens (including phenoxy) is 3. The molecule has 0 aromatic rings. The first-order valence-corrected chi connectivity index (χ1v) is 10.8. The van der Waals surface area contributed by atoms with Gasteiger partial charge in [-0.15, -0.1) is 0 Å². The van der Waals surface area contributed by atoms with E-state index in [1.165, 1.54) is 21.0 Å². The Balaban J connectivity index is 2.79. The van der Waals surface area contributed by atoms with Gasteiger partial charge in [-0.1, -0.05) is 0 Å². The van der Waals surface area contributed by atoms with Crippen LogP contribution in [0.4, 0.5) is 0 Å². The van der Waals surface area contributed by atoms with Gasteiger partial charge in [0.25, 0.3) is 0 Å². The molecular weight excluding hydrogens is 472 g/mol. The van der Waals surface area contributed by atoms with Gasteiger partial charge in [-0.2, -0.15) is 0 Å². The maximum absolute atomic E-state index is 12.6. The minimum atomic E-state index is -1.64. The second-order valence-corrected chi connectivity index (χ2v) is 8.02. The van der Waals surface area contributed by atoms with E-state index in [1.54, 1.807) is 0 Å². The standard InChI is InChI=1S/C20H34N4O11/c1-8(18(30)24-11(17(21)29)5-6-13(27)33-4)22-19(31)9(2)34-16-14(23-10(3)26)20(32)35-12(7-25)15(16)28/h8-9,11-12,14-16,20,25,28,32H,5-7H2,1-4H3,(H2,21,29)(H,22,31)(H,23,26)(H,24,30)/t8-,9+,11+,12+,14+,15+,16+,20?/m0/s1. The van der Waals surface area contributed by atoms with E-state index in [9.17, 15) is 39.3 Å². The van der Waals surface area contributed by atoms with Crippen LogP contribution in [0.5, 0.6) is 0 Å². The van der Waals surface area contributed by atoms with E-state index in [-0.39, 0.29) is 12.8 Å². The Bertz CT molecular complexity index is 780. The van der Waals surface area contributed by atoms with Crippen molar-refractivity contribution in [1.29, 1.82) is 0 Å². The highest BCUT2D eigenvalue weighted by Gasteiger charge is 2.47. The minimum absolute atomic E-state index is 0.103. The number of hydrogen-bond donors (Lipinski definition) is 7. The Hall–Kier alpha value is -2.85. The van der Waals surface area contributed by atoms with E-state index in [0.29, 0.717) is 0 Å². The van der Waals surface area contributed by atoms with E-state index in [2.05, 4.69) is 20.7 Å². The summed E-state index contributed by atoms with van der Waals surface area (Å²) in [5, 5.41) is 37.0. The average Bonchev–Trinajstić information content (AvgIpc) is 2.79. The predicted octanol–water partition coefficient (Wildman–Crippen LogP) is -4.24. The lowest BCUT2D eigenvalue weighted by Gasteiger charge is -2.43. The number of nitrogens with two attached hydrogens (primary N) is 1. The molecule has 0 spiro atoms. The smallest absolute Gasteiger partial charge is 0.305 e. The third-order valence-corrected chi connectivity index (χ3v) is 5.25. The molecule has 1 fully saturated rings. The lowest BCUT2D eigenvalue weighted by molar-refractivity contribution is -0.266. The SMILES string of the molecule is COC(=O)CC[C@@H](NC(=O)[C@H](C)NC(=O)[C@@H](C)O[C@H]1[C@H](O)[C@@H](CO)OC(O)[C@@H]1NC(C)=O)C(N)=O. The molecule has 0 saturated carbocycles. The molecule has 0 aliphatic carbocycles. The van der Waals surface area contributed by atoms with Crippen LogP contribution in [-0.4, -0.2) is 107 Å².